The van der Waals surface area contributed by atoms with Crippen molar-refractivity contribution in [3.63, 3.8) is 0 Å². The van der Waals surface area contributed by atoms with Gasteiger partial charge in [0.1, 0.15) is 6.04 Å². The van der Waals surface area contributed by atoms with Crippen LogP contribution in [0.4, 0.5) is 0 Å². The molecule has 0 spiro atoms. The molecule has 5 heteroatoms. The van der Waals surface area contributed by atoms with E-state index >= 15 is 0 Å². The van der Waals surface area contributed by atoms with Crippen LogP contribution < -0.4 is 5.32 Å². The maximum absolute atomic E-state index is 13.1. The third-order valence-corrected chi connectivity index (χ3v) is 5.79. The van der Waals surface area contributed by atoms with Crippen molar-refractivity contribution in [1.29, 1.82) is 0 Å². The number of likely N-dealkylation sites (N-methyl/N-ethyl adjacent to an activating group) is 1. The van der Waals surface area contributed by atoms with Crippen LogP contribution in [-0.2, 0) is 21.8 Å². The number of carbonyl (C=O) groups is 2. The van der Waals surface area contributed by atoms with Crippen LogP contribution in [0.25, 0.3) is 0 Å². The molecule has 0 heterocycles. The summed E-state index contributed by atoms with van der Waals surface area (Å²) in [4.78, 5) is 27.4. The van der Waals surface area contributed by atoms with Crippen LogP contribution in [-0.4, -0.2) is 41.6 Å². The molecule has 29 heavy (non-hydrogen) atoms. The highest BCUT2D eigenvalue weighted by Gasteiger charge is 2.27. The standard InChI is InChI=1S/C24H32N2O2S/c1-4-22(24(28)25-5-2)26(15-14-20-11-7-6-8-12-20)23(27)18-29-17-21-13-9-10-19(3)16-21/h6-13,16,22H,4-5,14-15,17-18H2,1-3H3,(H,25,28)/t22-/m1/s1. The highest BCUT2D eigenvalue weighted by Crippen LogP contribution is 2.16. The molecule has 0 fully saturated rings. The zero-order chi connectivity index (χ0) is 21.1. The molecule has 2 rings (SSSR count). The molecule has 1 atom stereocenters. The predicted octanol–water partition coefficient (Wildman–Crippen LogP) is 4.21. The minimum atomic E-state index is -0.425. The molecule has 2 amide bonds. The van der Waals surface area contributed by atoms with Crippen LogP contribution >= 0.6 is 11.8 Å². The molecule has 0 bridgehead atoms. The Bertz CT molecular complexity index is 779. The SMILES string of the molecule is CCNC(=O)[C@@H](CC)N(CCc1ccccc1)C(=O)CSCc1cccc(C)c1. The molecule has 0 aliphatic rings. The minimum absolute atomic E-state index is 0.0247. The van der Waals surface area contributed by atoms with E-state index in [9.17, 15) is 9.59 Å². The van der Waals surface area contributed by atoms with E-state index < -0.39 is 6.04 Å². The lowest BCUT2D eigenvalue weighted by molar-refractivity contribution is -0.138. The van der Waals surface area contributed by atoms with Gasteiger partial charge in [0.25, 0.3) is 0 Å². The topological polar surface area (TPSA) is 49.4 Å². The largest absolute Gasteiger partial charge is 0.355 e. The predicted molar refractivity (Wildman–Crippen MR) is 122 cm³/mol. The van der Waals surface area contributed by atoms with Crippen molar-refractivity contribution in [2.45, 2.75) is 45.4 Å². The Morgan fingerprint density at radius 2 is 1.76 bits per heavy atom. The smallest absolute Gasteiger partial charge is 0.242 e. The second kappa shape index (κ2) is 12.3. The number of nitrogens with one attached hydrogen (secondary N) is 1. The number of benzene rings is 2. The number of thioether (sulfide) groups is 1. The zero-order valence-corrected chi connectivity index (χ0v) is 18.5. The third kappa shape index (κ3) is 7.58. The van der Waals surface area contributed by atoms with E-state index in [1.165, 1.54) is 16.7 Å². The quantitative estimate of drug-likeness (QED) is 0.601. The first-order valence-electron chi connectivity index (χ1n) is 10.3. The van der Waals surface area contributed by atoms with Gasteiger partial charge in [0.15, 0.2) is 0 Å². The lowest BCUT2D eigenvalue weighted by Gasteiger charge is -2.30. The van der Waals surface area contributed by atoms with Gasteiger partial charge in [0.05, 0.1) is 5.75 Å². The van der Waals surface area contributed by atoms with Crippen molar-refractivity contribution in [3.8, 4) is 0 Å². The molecular weight excluding hydrogens is 380 g/mol. The van der Waals surface area contributed by atoms with Crippen molar-refractivity contribution in [1.82, 2.24) is 10.2 Å². The maximum Gasteiger partial charge on any atom is 0.242 e. The molecule has 0 aromatic heterocycles. The summed E-state index contributed by atoms with van der Waals surface area (Å²) < 4.78 is 0. The molecule has 2 aromatic rings. The van der Waals surface area contributed by atoms with Gasteiger partial charge in [-0.3, -0.25) is 9.59 Å². The Kier molecular flexibility index (Phi) is 9.78. The van der Waals surface area contributed by atoms with E-state index in [1.807, 2.05) is 38.1 Å². The normalized spacial score (nSPS) is 11.7. The monoisotopic (exact) mass is 412 g/mol. The van der Waals surface area contributed by atoms with Crippen molar-refractivity contribution in [2.75, 3.05) is 18.8 Å². The highest BCUT2D eigenvalue weighted by atomic mass is 32.2. The van der Waals surface area contributed by atoms with E-state index in [-0.39, 0.29) is 11.8 Å². The van der Waals surface area contributed by atoms with Crippen LogP contribution in [0.5, 0.6) is 0 Å². The van der Waals surface area contributed by atoms with E-state index in [0.717, 1.165) is 12.2 Å². The Morgan fingerprint density at radius 1 is 1.03 bits per heavy atom. The van der Waals surface area contributed by atoms with Gasteiger partial charge in [0.2, 0.25) is 11.8 Å². The molecule has 0 radical (unpaired) electrons. The first-order valence-corrected chi connectivity index (χ1v) is 11.4. The molecule has 0 saturated carbocycles. The molecule has 0 aliphatic heterocycles. The molecule has 0 aliphatic carbocycles. The lowest BCUT2D eigenvalue weighted by atomic mass is 10.1. The first kappa shape index (κ1) is 23.0. The van der Waals surface area contributed by atoms with E-state index in [0.29, 0.717) is 25.3 Å². The van der Waals surface area contributed by atoms with Crippen LogP contribution in [0, 0.1) is 6.92 Å². The number of amides is 2. The fourth-order valence-electron chi connectivity index (χ4n) is 3.33. The van der Waals surface area contributed by atoms with Crippen LogP contribution in [0.2, 0.25) is 0 Å². The molecule has 2 aromatic carbocycles. The van der Waals surface area contributed by atoms with Crippen molar-refractivity contribution < 1.29 is 9.59 Å². The van der Waals surface area contributed by atoms with E-state index in [2.05, 4.69) is 42.6 Å². The van der Waals surface area contributed by atoms with Gasteiger partial charge in [-0.1, -0.05) is 67.1 Å². The number of nitrogens with zero attached hydrogens (tertiary/aromatic N) is 1. The molecular formula is C24H32N2O2S. The molecule has 0 unspecified atom stereocenters. The summed E-state index contributed by atoms with van der Waals surface area (Å²) in [5.74, 6) is 1.12. The number of rotatable bonds is 11. The third-order valence-electron chi connectivity index (χ3n) is 4.80. The summed E-state index contributed by atoms with van der Waals surface area (Å²) in [6.45, 7) is 7.05. The van der Waals surface area contributed by atoms with Crippen LogP contribution in [0.1, 0.15) is 37.0 Å². The van der Waals surface area contributed by atoms with Crippen LogP contribution in [0.3, 0.4) is 0 Å². The summed E-state index contributed by atoms with van der Waals surface area (Å²) >= 11 is 1.60. The number of hydrogen-bond acceptors (Lipinski definition) is 3. The summed E-state index contributed by atoms with van der Waals surface area (Å²) in [7, 11) is 0. The fraction of sp³-hybridized carbons (Fsp3) is 0.417. The summed E-state index contributed by atoms with van der Waals surface area (Å²) in [6.07, 6.45) is 1.35. The summed E-state index contributed by atoms with van der Waals surface area (Å²) in [6, 6.07) is 18.0. The minimum Gasteiger partial charge on any atom is -0.355 e. The average Bonchev–Trinajstić information content (AvgIpc) is 2.72. The van der Waals surface area contributed by atoms with Gasteiger partial charge >= 0.3 is 0 Å². The van der Waals surface area contributed by atoms with Gasteiger partial charge in [-0.2, -0.15) is 0 Å². The maximum atomic E-state index is 13.1. The number of carbonyl (C=O) groups excluding carboxylic acids is 2. The fourth-order valence-corrected chi connectivity index (χ4v) is 4.19. The molecule has 1 N–H and O–H groups in total. The van der Waals surface area contributed by atoms with Crippen LogP contribution in [0.15, 0.2) is 54.6 Å². The van der Waals surface area contributed by atoms with E-state index in [4.69, 9.17) is 0 Å². The molecule has 156 valence electrons. The number of hydrogen-bond donors (Lipinski definition) is 1. The molecule has 4 nitrogen and oxygen atoms in total. The van der Waals surface area contributed by atoms with Gasteiger partial charge in [-0.25, -0.2) is 0 Å². The van der Waals surface area contributed by atoms with Gasteiger partial charge < -0.3 is 10.2 Å². The second-order valence-electron chi connectivity index (χ2n) is 7.12. The Balaban J connectivity index is 2.03. The lowest BCUT2D eigenvalue weighted by Crippen LogP contribution is -2.50. The Hall–Kier alpha value is -2.27. The Labute approximate surface area is 179 Å². The summed E-state index contributed by atoms with van der Waals surface area (Å²) in [5, 5.41) is 2.88. The number of aryl methyl sites for hydroxylation is 1. The van der Waals surface area contributed by atoms with Gasteiger partial charge in [-0.05, 0) is 37.8 Å². The average molecular weight is 413 g/mol. The van der Waals surface area contributed by atoms with Gasteiger partial charge in [0, 0.05) is 18.8 Å². The van der Waals surface area contributed by atoms with Crippen molar-refractivity contribution in [3.05, 3.63) is 71.3 Å². The van der Waals surface area contributed by atoms with E-state index in [1.54, 1.807) is 16.7 Å². The van der Waals surface area contributed by atoms with Crippen molar-refractivity contribution in [2.24, 2.45) is 0 Å². The highest BCUT2D eigenvalue weighted by molar-refractivity contribution is 7.99. The van der Waals surface area contributed by atoms with Crippen molar-refractivity contribution >= 4 is 23.6 Å². The Morgan fingerprint density at radius 3 is 2.41 bits per heavy atom. The zero-order valence-electron chi connectivity index (χ0n) is 17.7. The van der Waals surface area contributed by atoms with Gasteiger partial charge in [-0.15, -0.1) is 11.8 Å². The summed E-state index contributed by atoms with van der Waals surface area (Å²) in [5.41, 5.74) is 3.61. The molecule has 0 saturated heterocycles. The first-order chi connectivity index (χ1) is 14.0. The second-order valence-corrected chi connectivity index (χ2v) is 8.11.